The first-order chi connectivity index (χ1) is 15.6. The van der Waals surface area contributed by atoms with Crippen LogP contribution in [0.2, 0.25) is 0 Å². The van der Waals surface area contributed by atoms with Gasteiger partial charge in [0, 0.05) is 56.1 Å². The van der Waals surface area contributed by atoms with Crippen molar-refractivity contribution in [1.82, 2.24) is 29.2 Å². The van der Waals surface area contributed by atoms with Crippen molar-refractivity contribution in [2.24, 2.45) is 0 Å². The maximum Gasteiger partial charge on any atom is 0.253 e. The fourth-order valence-electron chi connectivity index (χ4n) is 5.10. The average Bonchev–Trinajstić information content (AvgIpc) is 3.23. The second kappa shape index (κ2) is 9.00. The molecule has 2 aliphatic rings. The van der Waals surface area contributed by atoms with Gasteiger partial charge in [-0.15, -0.1) is 0 Å². The topological polar surface area (TPSA) is 57.5 Å². The van der Waals surface area contributed by atoms with Crippen molar-refractivity contribution in [3.8, 4) is 11.4 Å². The molecule has 0 N–H and O–H groups in total. The third kappa shape index (κ3) is 4.02. The van der Waals surface area contributed by atoms with E-state index in [0.29, 0.717) is 6.04 Å². The van der Waals surface area contributed by atoms with Gasteiger partial charge in [-0.1, -0.05) is 12.1 Å². The van der Waals surface area contributed by atoms with Gasteiger partial charge < -0.3 is 14.4 Å². The Morgan fingerprint density at radius 1 is 1.03 bits per heavy atom. The van der Waals surface area contributed by atoms with Crippen LogP contribution in [0.25, 0.3) is 22.6 Å². The second-order valence-corrected chi connectivity index (χ2v) is 8.97. The highest BCUT2D eigenvalue weighted by atomic mass is 16.2. The number of amides is 1. The molecule has 2 aliphatic heterocycles. The SMILES string of the molecule is CCn1c(-c2cccc(C(=O)N3CCN(C4CCN(C)CC4)CC3)c2)nc2cccnc21. The van der Waals surface area contributed by atoms with Gasteiger partial charge in [-0.25, -0.2) is 9.97 Å². The number of pyridine rings is 1. The molecule has 0 aliphatic carbocycles. The van der Waals surface area contributed by atoms with Crippen molar-refractivity contribution < 1.29 is 4.79 Å². The number of carbonyl (C=O) groups is 1. The first-order valence-electron chi connectivity index (χ1n) is 11.8. The van der Waals surface area contributed by atoms with Crippen LogP contribution in [0, 0.1) is 0 Å². The summed E-state index contributed by atoms with van der Waals surface area (Å²) in [7, 11) is 2.20. The molecular weight excluding hydrogens is 400 g/mol. The van der Waals surface area contributed by atoms with E-state index in [-0.39, 0.29) is 5.91 Å². The van der Waals surface area contributed by atoms with Crippen molar-refractivity contribution in [1.29, 1.82) is 0 Å². The molecule has 0 unspecified atom stereocenters. The summed E-state index contributed by atoms with van der Waals surface area (Å²) in [5.74, 6) is 0.982. The minimum absolute atomic E-state index is 0.118. The van der Waals surface area contributed by atoms with Gasteiger partial charge >= 0.3 is 0 Å². The Morgan fingerprint density at radius 2 is 1.81 bits per heavy atom. The molecule has 0 atom stereocenters. The lowest BCUT2D eigenvalue weighted by atomic mass is 10.0. The molecule has 4 heterocycles. The summed E-state index contributed by atoms with van der Waals surface area (Å²) < 4.78 is 2.11. The van der Waals surface area contributed by atoms with Crippen LogP contribution in [0.15, 0.2) is 42.6 Å². The van der Waals surface area contributed by atoms with E-state index in [1.54, 1.807) is 6.20 Å². The summed E-state index contributed by atoms with van der Waals surface area (Å²) >= 11 is 0. The first-order valence-corrected chi connectivity index (χ1v) is 11.8. The van der Waals surface area contributed by atoms with E-state index >= 15 is 0 Å². The number of imidazole rings is 1. The Labute approximate surface area is 189 Å². The van der Waals surface area contributed by atoms with E-state index < -0.39 is 0 Å². The number of hydrogen-bond acceptors (Lipinski definition) is 5. The smallest absolute Gasteiger partial charge is 0.253 e. The summed E-state index contributed by atoms with van der Waals surface area (Å²) in [5.41, 5.74) is 3.46. The standard InChI is InChI=1S/C25H32N6O/c1-3-31-23(27-22-8-5-11-26-24(22)31)19-6-4-7-20(18-19)25(32)30-16-14-29(15-17-30)21-9-12-28(2)13-10-21/h4-8,11,18,21H,3,9-10,12-17H2,1-2H3. The zero-order valence-electron chi connectivity index (χ0n) is 19.1. The molecule has 2 aromatic heterocycles. The third-order valence-electron chi connectivity index (χ3n) is 6.99. The first kappa shape index (κ1) is 21.1. The van der Waals surface area contributed by atoms with Gasteiger partial charge in [0.25, 0.3) is 5.91 Å². The second-order valence-electron chi connectivity index (χ2n) is 8.97. The van der Waals surface area contributed by atoms with Crippen molar-refractivity contribution in [2.45, 2.75) is 32.4 Å². The molecule has 2 saturated heterocycles. The van der Waals surface area contributed by atoms with Crippen LogP contribution in [-0.2, 0) is 6.54 Å². The number of piperazine rings is 1. The van der Waals surface area contributed by atoms with Gasteiger partial charge in [-0.2, -0.15) is 0 Å². The maximum atomic E-state index is 13.3. The van der Waals surface area contributed by atoms with E-state index in [2.05, 4.69) is 33.3 Å². The molecule has 1 aromatic carbocycles. The van der Waals surface area contributed by atoms with Gasteiger partial charge in [0.05, 0.1) is 0 Å². The van der Waals surface area contributed by atoms with Crippen LogP contribution in [0.4, 0.5) is 0 Å². The predicted molar refractivity (Wildman–Crippen MR) is 127 cm³/mol. The average molecular weight is 433 g/mol. The summed E-state index contributed by atoms with van der Waals surface area (Å²) in [6, 6.07) is 12.5. The Balaban J connectivity index is 1.31. The number of benzene rings is 1. The van der Waals surface area contributed by atoms with E-state index in [0.717, 1.165) is 60.8 Å². The van der Waals surface area contributed by atoms with E-state index in [9.17, 15) is 4.79 Å². The number of likely N-dealkylation sites (tertiary alicyclic amines) is 1. The highest BCUT2D eigenvalue weighted by Crippen LogP contribution is 2.25. The maximum absolute atomic E-state index is 13.3. The van der Waals surface area contributed by atoms with Crippen LogP contribution in [0.5, 0.6) is 0 Å². The van der Waals surface area contributed by atoms with Crippen molar-refractivity contribution in [2.75, 3.05) is 46.3 Å². The monoisotopic (exact) mass is 432 g/mol. The third-order valence-corrected chi connectivity index (χ3v) is 6.99. The van der Waals surface area contributed by atoms with Crippen LogP contribution in [-0.4, -0.2) is 87.5 Å². The van der Waals surface area contributed by atoms with Crippen molar-refractivity contribution in [3.05, 3.63) is 48.2 Å². The number of rotatable bonds is 4. The lowest BCUT2D eigenvalue weighted by Crippen LogP contribution is -2.54. The Morgan fingerprint density at radius 3 is 2.56 bits per heavy atom. The molecule has 5 rings (SSSR count). The quantitative estimate of drug-likeness (QED) is 0.634. The van der Waals surface area contributed by atoms with Crippen LogP contribution in [0.1, 0.15) is 30.1 Å². The fourth-order valence-corrected chi connectivity index (χ4v) is 5.10. The molecule has 0 radical (unpaired) electrons. The summed E-state index contributed by atoms with van der Waals surface area (Å²) in [6.07, 6.45) is 4.27. The molecule has 0 saturated carbocycles. The zero-order chi connectivity index (χ0) is 22.1. The largest absolute Gasteiger partial charge is 0.336 e. The van der Waals surface area contributed by atoms with Gasteiger partial charge in [0.1, 0.15) is 11.3 Å². The van der Waals surface area contributed by atoms with Crippen molar-refractivity contribution >= 4 is 17.1 Å². The molecule has 0 bridgehead atoms. The van der Waals surface area contributed by atoms with Gasteiger partial charge in [-0.05, 0) is 64.2 Å². The molecule has 32 heavy (non-hydrogen) atoms. The predicted octanol–water partition coefficient (Wildman–Crippen LogP) is 2.97. The van der Waals surface area contributed by atoms with Crippen LogP contribution >= 0.6 is 0 Å². The number of aromatic nitrogens is 3. The molecule has 2 fully saturated rings. The van der Waals surface area contributed by atoms with E-state index in [1.165, 1.54) is 25.9 Å². The highest BCUT2D eigenvalue weighted by Gasteiger charge is 2.28. The molecular formula is C25H32N6O. The molecule has 168 valence electrons. The number of carbonyl (C=O) groups excluding carboxylic acids is 1. The Hall–Kier alpha value is -2.77. The lowest BCUT2D eigenvalue weighted by molar-refractivity contribution is 0.0475. The molecule has 3 aromatic rings. The van der Waals surface area contributed by atoms with Gasteiger partial charge in [0.15, 0.2) is 5.65 Å². The highest BCUT2D eigenvalue weighted by molar-refractivity contribution is 5.95. The summed E-state index contributed by atoms with van der Waals surface area (Å²) in [6.45, 7) is 8.76. The lowest BCUT2D eigenvalue weighted by Gasteiger charge is -2.42. The Bertz CT molecular complexity index is 1090. The molecule has 7 heteroatoms. The minimum atomic E-state index is 0.118. The number of piperidine rings is 1. The zero-order valence-corrected chi connectivity index (χ0v) is 19.1. The van der Waals surface area contributed by atoms with Gasteiger partial charge in [-0.3, -0.25) is 9.69 Å². The van der Waals surface area contributed by atoms with E-state index in [4.69, 9.17) is 4.98 Å². The van der Waals surface area contributed by atoms with Crippen LogP contribution in [0.3, 0.4) is 0 Å². The molecule has 7 nitrogen and oxygen atoms in total. The number of fused-ring (bicyclic) bond motifs is 1. The van der Waals surface area contributed by atoms with Gasteiger partial charge in [0.2, 0.25) is 0 Å². The summed E-state index contributed by atoms with van der Waals surface area (Å²) in [4.78, 5) is 29.6. The minimum Gasteiger partial charge on any atom is -0.336 e. The van der Waals surface area contributed by atoms with Crippen molar-refractivity contribution in [3.63, 3.8) is 0 Å². The molecule has 1 amide bonds. The number of hydrogen-bond donors (Lipinski definition) is 0. The fraction of sp³-hybridized carbons (Fsp3) is 0.480. The molecule has 0 spiro atoms. The van der Waals surface area contributed by atoms with Crippen LogP contribution < -0.4 is 0 Å². The Kier molecular flexibility index (Phi) is 5.93. The number of nitrogens with zero attached hydrogens (tertiary/aromatic N) is 6. The number of aryl methyl sites for hydroxylation is 1. The summed E-state index contributed by atoms with van der Waals surface area (Å²) in [5, 5.41) is 0. The normalized spacial score (nSPS) is 19.0. The van der Waals surface area contributed by atoms with E-state index in [1.807, 2.05) is 41.3 Å².